The van der Waals surface area contributed by atoms with Crippen molar-refractivity contribution in [3.8, 4) is 5.75 Å². The van der Waals surface area contributed by atoms with Gasteiger partial charge in [-0.3, -0.25) is 0 Å². The van der Waals surface area contributed by atoms with Crippen molar-refractivity contribution in [3.05, 3.63) is 29.8 Å². The average molecular weight is 234 g/mol. The van der Waals surface area contributed by atoms with Crippen LogP contribution in [0.25, 0.3) is 0 Å². The van der Waals surface area contributed by atoms with E-state index in [2.05, 4.69) is 17.4 Å². The summed E-state index contributed by atoms with van der Waals surface area (Å²) < 4.78 is 0. The molecule has 0 aromatic heterocycles. The Kier molecular flexibility index (Phi) is 4.40. The maximum atomic E-state index is 9.30. The van der Waals surface area contributed by atoms with Gasteiger partial charge in [0.1, 0.15) is 5.75 Å². The Morgan fingerprint density at radius 1 is 1.18 bits per heavy atom. The van der Waals surface area contributed by atoms with Crippen molar-refractivity contribution in [1.29, 1.82) is 0 Å². The monoisotopic (exact) mass is 234 g/mol. The van der Waals surface area contributed by atoms with Crippen molar-refractivity contribution < 1.29 is 5.11 Å². The SMILES string of the molecule is CCC(NN1CCCCC1)c1ccc(O)cc1. The number of piperidine rings is 1. The van der Waals surface area contributed by atoms with Crippen molar-refractivity contribution >= 4 is 0 Å². The minimum atomic E-state index is 0.335. The first-order chi connectivity index (χ1) is 8.29. The first kappa shape index (κ1) is 12.4. The number of aromatic hydroxyl groups is 1. The highest BCUT2D eigenvalue weighted by Gasteiger charge is 2.15. The molecule has 3 heteroatoms. The maximum absolute atomic E-state index is 9.30. The van der Waals surface area contributed by atoms with Gasteiger partial charge in [0.2, 0.25) is 0 Å². The van der Waals surface area contributed by atoms with Gasteiger partial charge in [0.25, 0.3) is 0 Å². The molecule has 1 aromatic carbocycles. The lowest BCUT2D eigenvalue weighted by Gasteiger charge is -2.31. The summed E-state index contributed by atoms with van der Waals surface area (Å²) in [6.07, 6.45) is 4.99. The Bertz CT molecular complexity index is 331. The van der Waals surface area contributed by atoms with Gasteiger partial charge in [0.15, 0.2) is 0 Å². The van der Waals surface area contributed by atoms with Crippen LogP contribution in [0, 0.1) is 0 Å². The molecule has 1 fully saturated rings. The van der Waals surface area contributed by atoms with Gasteiger partial charge in [-0.15, -0.1) is 0 Å². The van der Waals surface area contributed by atoms with E-state index in [1.807, 2.05) is 12.1 Å². The molecule has 1 unspecified atom stereocenters. The van der Waals surface area contributed by atoms with E-state index in [1.54, 1.807) is 12.1 Å². The Balaban J connectivity index is 1.97. The van der Waals surface area contributed by atoms with Gasteiger partial charge in [-0.25, -0.2) is 10.4 Å². The first-order valence-electron chi connectivity index (χ1n) is 6.59. The number of benzene rings is 1. The molecule has 1 atom stereocenters. The fraction of sp³-hybridized carbons (Fsp3) is 0.571. The van der Waals surface area contributed by atoms with E-state index >= 15 is 0 Å². The lowest BCUT2D eigenvalue weighted by atomic mass is 10.0. The number of hydrazine groups is 1. The minimum absolute atomic E-state index is 0.335. The molecule has 1 saturated heterocycles. The van der Waals surface area contributed by atoms with Gasteiger partial charge in [-0.05, 0) is 37.0 Å². The van der Waals surface area contributed by atoms with E-state index in [0.717, 1.165) is 19.5 Å². The second-order valence-electron chi connectivity index (χ2n) is 4.73. The van der Waals surface area contributed by atoms with Crippen molar-refractivity contribution in [1.82, 2.24) is 10.4 Å². The predicted octanol–water partition coefficient (Wildman–Crippen LogP) is 2.83. The molecule has 3 nitrogen and oxygen atoms in total. The molecule has 2 rings (SSSR count). The van der Waals surface area contributed by atoms with Gasteiger partial charge in [0, 0.05) is 19.1 Å². The molecule has 0 spiro atoms. The fourth-order valence-electron chi connectivity index (χ4n) is 2.35. The van der Waals surface area contributed by atoms with Crippen LogP contribution in [-0.2, 0) is 0 Å². The molecule has 0 amide bonds. The first-order valence-corrected chi connectivity index (χ1v) is 6.59. The van der Waals surface area contributed by atoms with E-state index in [1.165, 1.54) is 24.8 Å². The normalized spacial score (nSPS) is 19.1. The number of rotatable bonds is 4. The number of hydrogen-bond donors (Lipinski definition) is 2. The van der Waals surface area contributed by atoms with Crippen LogP contribution in [0.3, 0.4) is 0 Å². The molecular formula is C14H22N2O. The molecule has 2 N–H and O–H groups in total. The van der Waals surface area contributed by atoms with E-state index in [-0.39, 0.29) is 0 Å². The molecule has 1 heterocycles. The summed E-state index contributed by atoms with van der Waals surface area (Å²) >= 11 is 0. The summed E-state index contributed by atoms with van der Waals surface area (Å²) in [6, 6.07) is 7.88. The highest BCUT2D eigenvalue weighted by Crippen LogP contribution is 2.20. The van der Waals surface area contributed by atoms with Gasteiger partial charge >= 0.3 is 0 Å². The highest BCUT2D eigenvalue weighted by atomic mass is 16.3. The van der Waals surface area contributed by atoms with Crippen LogP contribution in [0.2, 0.25) is 0 Å². The smallest absolute Gasteiger partial charge is 0.115 e. The Morgan fingerprint density at radius 2 is 1.82 bits per heavy atom. The lowest BCUT2D eigenvalue weighted by Crippen LogP contribution is -2.43. The van der Waals surface area contributed by atoms with E-state index in [0.29, 0.717) is 11.8 Å². The Hall–Kier alpha value is -1.06. The molecule has 17 heavy (non-hydrogen) atoms. The lowest BCUT2D eigenvalue weighted by molar-refractivity contribution is 0.126. The second-order valence-corrected chi connectivity index (χ2v) is 4.73. The number of nitrogens with zero attached hydrogens (tertiary/aromatic N) is 1. The summed E-state index contributed by atoms with van der Waals surface area (Å²) in [5.41, 5.74) is 4.84. The fourth-order valence-corrected chi connectivity index (χ4v) is 2.35. The van der Waals surface area contributed by atoms with Crippen molar-refractivity contribution in [2.45, 2.75) is 38.6 Å². The van der Waals surface area contributed by atoms with Gasteiger partial charge in [-0.1, -0.05) is 25.5 Å². The molecule has 94 valence electrons. The van der Waals surface area contributed by atoms with Gasteiger partial charge in [0.05, 0.1) is 0 Å². The Labute approximate surface area is 103 Å². The standard InChI is InChI=1S/C14H22N2O/c1-2-14(12-6-8-13(17)9-7-12)15-16-10-4-3-5-11-16/h6-9,14-15,17H,2-5,10-11H2,1H3. The molecule has 1 aliphatic rings. The summed E-state index contributed by atoms with van der Waals surface area (Å²) in [7, 11) is 0. The summed E-state index contributed by atoms with van der Waals surface area (Å²) in [5, 5.41) is 11.6. The summed E-state index contributed by atoms with van der Waals surface area (Å²) in [6.45, 7) is 4.48. The number of phenols is 1. The largest absolute Gasteiger partial charge is 0.508 e. The summed E-state index contributed by atoms with van der Waals surface area (Å²) in [4.78, 5) is 0. The van der Waals surface area contributed by atoms with Crippen LogP contribution < -0.4 is 5.43 Å². The van der Waals surface area contributed by atoms with Crippen LogP contribution >= 0.6 is 0 Å². The third-order valence-electron chi connectivity index (χ3n) is 3.40. The second kappa shape index (κ2) is 6.03. The third kappa shape index (κ3) is 3.45. The molecule has 0 aliphatic carbocycles. The number of phenolic OH excluding ortho intramolecular Hbond substituents is 1. The van der Waals surface area contributed by atoms with Crippen LogP contribution in [0.1, 0.15) is 44.2 Å². The predicted molar refractivity (Wildman–Crippen MR) is 69.7 cm³/mol. The number of hydrogen-bond acceptors (Lipinski definition) is 3. The molecule has 1 aromatic rings. The molecule has 0 bridgehead atoms. The Morgan fingerprint density at radius 3 is 2.41 bits per heavy atom. The van der Waals surface area contributed by atoms with Crippen molar-refractivity contribution in [2.75, 3.05) is 13.1 Å². The third-order valence-corrected chi connectivity index (χ3v) is 3.40. The highest BCUT2D eigenvalue weighted by molar-refractivity contribution is 5.27. The number of nitrogens with one attached hydrogen (secondary N) is 1. The molecule has 0 radical (unpaired) electrons. The zero-order valence-corrected chi connectivity index (χ0v) is 10.5. The minimum Gasteiger partial charge on any atom is -0.508 e. The van der Waals surface area contributed by atoms with Crippen LogP contribution in [0.5, 0.6) is 5.75 Å². The maximum Gasteiger partial charge on any atom is 0.115 e. The molecule has 0 saturated carbocycles. The van der Waals surface area contributed by atoms with E-state index in [9.17, 15) is 5.11 Å². The molecule has 1 aliphatic heterocycles. The summed E-state index contributed by atoms with van der Waals surface area (Å²) in [5.74, 6) is 0.335. The zero-order valence-electron chi connectivity index (χ0n) is 10.5. The van der Waals surface area contributed by atoms with Crippen molar-refractivity contribution in [2.24, 2.45) is 0 Å². The molecular weight excluding hydrogens is 212 g/mol. The quantitative estimate of drug-likeness (QED) is 0.841. The zero-order chi connectivity index (χ0) is 12.1. The van der Waals surface area contributed by atoms with Gasteiger partial charge in [-0.2, -0.15) is 0 Å². The van der Waals surface area contributed by atoms with Crippen LogP contribution in [0.15, 0.2) is 24.3 Å². The topological polar surface area (TPSA) is 35.5 Å². The van der Waals surface area contributed by atoms with Crippen LogP contribution in [-0.4, -0.2) is 23.2 Å². The van der Waals surface area contributed by atoms with E-state index < -0.39 is 0 Å². The van der Waals surface area contributed by atoms with Crippen LogP contribution in [0.4, 0.5) is 0 Å². The average Bonchev–Trinajstić information content (AvgIpc) is 2.38. The van der Waals surface area contributed by atoms with E-state index in [4.69, 9.17) is 0 Å². The van der Waals surface area contributed by atoms with Crippen molar-refractivity contribution in [3.63, 3.8) is 0 Å². The van der Waals surface area contributed by atoms with Gasteiger partial charge < -0.3 is 5.11 Å².